The summed E-state index contributed by atoms with van der Waals surface area (Å²) in [5, 5.41) is 17.9. The van der Waals surface area contributed by atoms with Gasteiger partial charge in [0.15, 0.2) is 0 Å². The van der Waals surface area contributed by atoms with Crippen LogP contribution in [-0.4, -0.2) is 81.8 Å². The smallest absolute Gasteiger partial charge is 0.222 e. The first kappa shape index (κ1) is 25.1. The van der Waals surface area contributed by atoms with Crippen molar-refractivity contribution in [1.29, 1.82) is 0 Å². The average molecular weight is 460 g/mol. The highest BCUT2D eigenvalue weighted by atomic mass is 16.5. The highest BCUT2D eigenvalue weighted by Gasteiger charge is 2.28. The van der Waals surface area contributed by atoms with Crippen LogP contribution in [0, 0.1) is 5.92 Å². The van der Waals surface area contributed by atoms with Crippen LogP contribution in [0.4, 0.5) is 0 Å². The van der Waals surface area contributed by atoms with Crippen molar-refractivity contribution in [2.24, 2.45) is 5.92 Å². The number of ether oxygens (including phenoxy) is 2. The molecule has 0 saturated carbocycles. The minimum Gasteiger partial charge on any atom is -0.497 e. The van der Waals surface area contributed by atoms with Gasteiger partial charge < -0.3 is 19.5 Å². The number of nitrogens with zero attached hydrogens (tertiary/aromatic N) is 5. The van der Waals surface area contributed by atoms with E-state index in [4.69, 9.17) is 9.47 Å². The largest absolute Gasteiger partial charge is 0.497 e. The number of aliphatic hydroxyl groups is 1. The van der Waals surface area contributed by atoms with Crippen molar-refractivity contribution < 1.29 is 19.4 Å². The molecule has 9 heteroatoms. The van der Waals surface area contributed by atoms with Crippen molar-refractivity contribution in [2.75, 3.05) is 33.9 Å². The average Bonchev–Trinajstić information content (AvgIpc) is 3.25. The number of aromatic nitrogens is 3. The molecule has 0 radical (unpaired) electrons. The predicted octanol–water partition coefficient (Wildman–Crippen LogP) is 1.94. The minimum absolute atomic E-state index is 0.0501. The van der Waals surface area contributed by atoms with Crippen molar-refractivity contribution in [3.8, 4) is 5.75 Å². The first-order valence-electron chi connectivity index (χ1n) is 11.6. The van der Waals surface area contributed by atoms with Gasteiger partial charge in [-0.05, 0) is 38.1 Å². The molecule has 1 amide bonds. The lowest BCUT2D eigenvalue weighted by Crippen LogP contribution is -2.47. The minimum atomic E-state index is -0.236. The van der Waals surface area contributed by atoms with Gasteiger partial charge in [-0.3, -0.25) is 9.69 Å². The lowest BCUT2D eigenvalue weighted by atomic mass is 10.0. The molecular formula is C24H37N5O4. The summed E-state index contributed by atoms with van der Waals surface area (Å²) in [6.45, 7) is 6.93. The number of hydrogen-bond donors (Lipinski definition) is 1. The lowest BCUT2D eigenvalue weighted by molar-refractivity contribution is -0.136. The molecule has 0 spiro atoms. The van der Waals surface area contributed by atoms with Crippen LogP contribution in [0.15, 0.2) is 30.5 Å². The Balaban J connectivity index is 1.77. The number of amides is 1. The van der Waals surface area contributed by atoms with Gasteiger partial charge in [-0.15, -0.1) is 5.10 Å². The fourth-order valence-corrected chi connectivity index (χ4v) is 4.20. The van der Waals surface area contributed by atoms with Crippen molar-refractivity contribution in [2.45, 2.75) is 58.5 Å². The summed E-state index contributed by atoms with van der Waals surface area (Å²) in [7, 11) is 3.74. The molecule has 0 bridgehead atoms. The summed E-state index contributed by atoms with van der Waals surface area (Å²) in [5.74, 6) is 0.957. The maximum absolute atomic E-state index is 13.0. The monoisotopic (exact) mass is 459 g/mol. The van der Waals surface area contributed by atoms with Crippen LogP contribution in [0.2, 0.25) is 0 Å². The highest BCUT2D eigenvalue weighted by molar-refractivity contribution is 5.76. The normalized spacial score (nSPS) is 21.3. The van der Waals surface area contributed by atoms with Gasteiger partial charge in [0.25, 0.3) is 0 Å². The Morgan fingerprint density at radius 2 is 2.21 bits per heavy atom. The summed E-state index contributed by atoms with van der Waals surface area (Å²) >= 11 is 0. The molecule has 33 heavy (non-hydrogen) atoms. The Kier molecular flexibility index (Phi) is 9.22. The quantitative estimate of drug-likeness (QED) is 0.676. The Morgan fingerprint density at radius 3 is 2.97 bits per heavy atom. The van der Waals surface area contributed by atoms with Crippen LogP contribution < -0.4 is 4.74 Å². The number of benzene rings is 1. The number of rotatable bonds is 7. The van der Waals surface area contributed by atoms with Gasteiger partial charge in [0.2, 0.25) is 5.91 Å². The van der Waals surface area contributed by atoms with Crippen molar-refractivity contribution in [3.05, 3.63) is 41.7 Å². The van der Waals surface area contributed by atoms with E-state index in [1.54, 1.807) is 18.2 Å². The van der Waals surface area contributed by atoms with E-state index in [0.717, 1.165) is 23.6 Å². The van der Waals surface area contributed by atoms with Gasteiger partial charge >= 0.3 is 0 Å². The molecular weight excluding hydrogens is 422 g/mol. The zero-order chi connectivity index (χ0) is 23.8. The van der Waals surface area contributed by atoms with Crippen LogP contribution in [-0.2, 0) is 29.2 Å². The Bertz CT molecular complexity index is 889. The number of fused-ring (bicyclic) bond motifs is 1. The highest BCUT2D eigenvalue weighted by Crippen LogP contribution is 2.19. The van der Waals surface area contributed by atoms with Crippen molar-refractivity contribution in [3.63, 3.8) is 0 Å². The molecule has 3 rings (SSSR count). The zero-order valence-corrected chi connectivity index (χ0v) is 20.2. The number of carbonyl (C=O) groups is 1. The Hall–Kier alpha value is -2.49. The topological polar surface area (TPSA) is 93.0 Å². The van der Waals surface area contributed by atoms with Gasteiger partial charge in [-0.1, -0.05) is 24.3 Å². The molecule has 2 aromatic rings. The number of aryl methyl sites for hydroxylation is 1. The molecule has 1 N–H and O–H groups in total. The van der Waals surface area contributed by atoms with Gasteiger partial charge in [-0.2, -0.15) is 0 Å². The molecule has 1 aromatic carbocycles. The number of hydrogen-bond acceptors (Lipinski definition) is 7. The third-order valence-electron chi connectivity index (χ3n) is 6.22. The van der Waals surface area contributed by atoms with E-state index in [2.05, 4.69) is 35.2 Å². The molecule has 3 atom stereocenters. The van der Waals surface area contributed by atoms with Gasteiger partial charge in [0.1, 0.15) is 5.75 Å². The zero-order valence-electron chi connectivity index (χ0n) is 20.2. The van der Waals surface area contributed by atoms with Gasteiger partial charge in [0.05, 0.1) is 44.4 Å². The van der Waals surface area contributed by atoms with Crippen molar-refractivity contribution in [1.82, 2.24) is 24.8 Å². The summed E-state index contributed by atoms with van der Waals surface area (Å²) in [6.07, 6.45) is 2.70. The van der Waals surface area contributed by atoms with E-state index < -0.39 is 0 Å². The van der Waals surface area contributed by atoms with E-state index in [-0.39, 0.29) is 30.6 Å². The maximum Gasteiger partial charge on any atom is 0.222 e. The van der Waals surface area contributed by atoms with E-state index in [1.807, 2.05) is 29.8 Å². The molecule has 1 aromatic heterocycles. The van der Waals surface area contributed by atoms with Crippen LogP contribution >= 0.6 is 0 Å². The Labute approximate surface area is 196 Å². The van der Waals surface area contributed by atoms with E-state index in [9.17, 15) is 9.90 Å². The third-order valence-corrected chi connectivity index (χ3v) is 6.22. The van der Waals surface area contributed by atoms with Gasteiger partial charge in [0, 0.05) is 38.5 Å². The maximum atomic E-state index is 13.0. The lowest BCUT2D eigenvalue weighted by Gasteiger charge is -2.35. The molecule has 9 nitrogen and oxygen atoms in total. The fourth-order valence-electron chi connectivity index (χ4n) is 4.20. The number of methoxy groups -OCH3 is 1. The standard InChI is InChI=1S/C24H37N5O4/c1-18-13-28(19(2)16-30)24(31)9-6-10-29-21(12-25-26-29)17-33-23(18)15-27(3)14-20-7-5-8-22(11-20)32-4/h5,7-8,11-12,18-19,23,30H,6,9-10,13-17H2,1-4H3/t18-,19-,23-/m1/s1. The summed E-state index contributed by atoms with van der Waals surface area (Å²) in [5.41, 5.74) is 2.07. The molecule has 1 aliphatic rings. The van der Waals surface area contributed by atoms with E-state index >= 15 is 0 Å². The second-order valence-corrected chi connectivity index (χ2v) is 9.00. The second-order valence-electron chi connectivity index (χ2n) is 9.00. The Morgan fingerprint density at radius 1 is 1.39 bits per heavy atom. The molecule has 0 unspecified atom stereocenters. The molecule has 0 aliphatic carbocycles. The summed E-state index contributed by atoms with van der Waals surface area (Å²) in [4.78, 5) is 17.0. The molecule has 2 heterocycles. The summed E-state index contributed by atoms with van der Waals surface area (Å²) in [6, 6.07) is 7.81. The van der Waals surface area contributed by atoms with Crippen LogP contribution in [0.5, 0.6) is 5.75 Å². The van der Waals surface area contributed by atoms with Crippen LogP contribution in [0.25, 0.3) is 0 Å². The first-order chi connectivity index (χ1) is 15.9. The fraction of sp³-hybridized carbons (Fsp3) is 0.625. The number of carbonyl (C=O) groups excluding carboxylic acids is 1. The molecule has 0 saturated heterocycles. The van der Waals surface area contributed by atoms with Crippen molar-refractivity contribution >= 4 is 5.91 Å². The second kappa shape index (κ2) is 12.1. The predicted molar refractivity (Wildman–Crippen MR) is 125 cm³/mol. The van der Waals surface area contributed by atoms with Crippen LogP contribution in [0.3, 0.4) is 0 Å². The summed E-state index contributed by atoms with van der Waals surface area (Å²) < 4.78 is 13.6. The van der Waals surface area contributed by atoms with Gasteiger partial charge in [-0.25, -0.2) is 4.68 Å². The number of aliphatic hydroxyl groups excluding tert-OH is 1. The van der Waals surface area contributed by atoms with Crippen LogP contribution in [0.1, 0.15) is 37.9 Å². The molecule has 182 valence electrons. The van der Waals surface area contributed by atoms with E-state index in [0.29, 0.717) is 39.1 Å². The molecule has 0 fully saturated rings. The van der Waals surface area contributed by atoms with E-state index in [1.165, 1.54) is 0 Å². The number of likely N-dealkylation sites (N-methyl/N-ethyl adjacent to an activating group) is 1. The molecule has 1 aliphatic heterocycles. The third kappa shape index (κ3) is 6.99. The SMILES string of the molecule is COc1cccc(CN(C)C[C@H]2OCc3cnnn3CCCC(=O)N([C@H](C)CO)C[C@H]2C)c1. The first-order valence-corrected chi connectivity index (χ1v) is 11.6.